The number of amides is 4. The third-order valence-electron chi connectivity index (χ3n) is 12.8. The first-order chi connectivity index (χ1) is 41.8. The zero-order chi connectivity index (χ0) is 65.7. The van der Waals surface area contributed by atoms with Gasteiger partial charge in [0.2, 0.25) is 11.8 Å². The molecule has 0 atom stereocenters. The summed E-state index contributed by atoms with van der Waals surface area (Å²) in [6, 6.07) is 20.8. The van der Waals surface area contributed by atoms with E-state index in [1.165, 1.54) is 80.7 Å². The number of para-hydroxylation sites is 2. The third kappa shape index (κ3) is 27.5. The number of nitrogens with two attached hydrogens (primary N) is 1. The number of carboxylic acids is 8. The smallest absolute Gasteiger partial charge is 0.414 e. The van der Waals surface area contributed by atoms with Crippen molar-refractivity contribution in [3.63, 3.8) is 0 Å². The first-order valence-electron chi connectivity index (χ1n) is 27.8. The molecule has 0 spiro atoms. The quantitative estimate of drug-likeness (QED) is 0.0296. The van der Waals surface area contributed by atoms with Crippen LogP contribution in [-0.2, 0) is 47.9 Å². The first-order valence-corrected chi connectivity index (χ1v) is 27.8. The van der Waals surface area contributed by atoms with Crippen molar-refractivity contribution >= 4 is 106 Å². The molecule has 4 heterocycles. The van der Waals surface area contributed by atoms with Crippen LogP contribution < -0.4 is 26.2 Å². The van der Waals surface area contributed by atoms with Gasteiger partial charge in [-0.1, -0.05) is 75.6 Å². The van der Waals surface area contributed by atoms with Crippen LogP contribution in [0.5, 0.6) is 0 Å². The van der Waals surface area contributed by atoms with E-state index in [1.807, 2.05) is 4.90 Å². The Morgan fingerprint density at radius 3 is 1.00 bits per heavy atom. The Bertz CT molecular complexity index is 2750. The van der Waals surface area contributed by atoms with Crippen LogP contribution >= 0.6 is 0 Å². The predicted octanol–water partition coefficient (Wildman–Crippen LogP) is 4.85. The summed E-state index contributed by atoms with van der Waals surface area (Å²) >= 11 is 0. The number of carbonyl (C=O) groups is 12. The number of aromatic nitrogens is 2. The maximum absolute atomic E-state index is 14.6. The average Bonchev–Trinajstić information content (AvgIpc) is 1.70. The summed E-state index contributed by atoms with van der Waals surface area (Å²) in [4.78, 5) is 147. The second-order valence-electron chi connectivity index (χ2n) is 19.6. The highest BCUT2D eigenvalue weighted by Crippen LogP contribution is 2.38. The standard InChI is InChI=1S/C50H68N10O4.4C2H2O4/c1-56(34-18-8-5-15-29-51)32-16-6-3-4-7-17-33-57(2)35-19-9-10-20-36-58(37-45(61)59-43-27-13-11-23-39(43)49(63)54-41-25-21-30-52-47(41)59)38-46(62)60-44-28-14-12-24-40(44)50(64)55-42-26-22-31-53-48(42)60;4*3-1(4)2(5)6/h11-14,21-28,30-31H,3-10,15-20,29,32-38,51H2,1-2H3,(H,54,63)(H,55,64);4*(H,3,4)(H,5,6). The maximum atomic E-state index is 14.6. The van der Waals surface area contributed by atoms with Crippen molar-refractivity contribution in [2.45, 2.75) is 89.9 Å². The molecule has 0 unspecified atom stereocenters. The summed E-state index contributed by atoms with van der Waals surface area (Å²) in [6.07, 6.45) is 19.6. The number of benzene rings is 2. The number of rotatable bonds is 26. The van der Waals surface area contributed by atoms with Crippen LogP contribution in [0.1, 0.15) is 111 Å². The highest BCUT2D eigenvalue weighted by atomic mass is 16.5. The largest absolute Gasteiger partial charge is 0.473 e. The van der Waals surface area contributed by atoms with Crippen molar-refractivity contribution < 1.29 is 98.4 Å². The number of pyridine rings is 2. The fourth-order valence-electron chi connectivity index (χ4n) is 8.56. The Balaban J connectivity index is 0.000000925. The van der Waals surface area contributed by atoms with Gasteiger partial charge >= 0.3 is 47.8 Å². The molecule has 0 bridgehead atoms. The van der Waals surface area contributed by atoms with E-state index in [1.54, 1.807) is 85.2 Å². The van der Waals surface area contributed by atoms with Gasteiger partial charge in [-0.2, -0.15) is 0 Å². The molecule has 0 fully saturated rings. The van der Waals surface area contributed by atoms with Crippen molar-refractivity contribution in [3.8, 4) is 0 Å². The van der Waals surface area contributed by atoms with E-state index in [0.717, 1.165) is 51.7 Å². The minimum absolute atomic E-state index is 0.123. The molecule has 88 heavy (non-hydrogen) atoms. The third-order valence-corrected chi connectivity index (χ3v) is 12.8. The predicted molar refractivity (Wildman–Crippen MR) is 318 cm³/mol. The Hall–Kier alpha value is -9.78. The molecule has 12 N–H and O–H groups in total. The molecule has 2 aromatic heterocycles. The maximum Gasteiger partial charge on any atom is 0.414 e. The molecule has 30 heteroatoms. The molecule has 4 amide bonds. The summed E-state index contributed by atoms with van der Waals surface area (Å²) in [5, 5.41) is 64.9. The summed E-state index contributed by atoms with van der Waals surface area (Å²) in [5.74, 6) is -15.3. The zero-order valence-corrected chi connectivity index (χ0v) is 48.8. The van der Waals surface area contributed by atoms with Gasteiger partial charge in [-0.3, -0.25) is 33.9 Å². The van der Waals surface area contributed by atoms with Crippen molar-refractivity contribution in [1.82, 2.24) is 24.7 Å². The number of nitrogens with one attached hydrogen (secondary N) is 2. The molecule has 30 nitrogen and oxygen atoms in total. The van der Waals surface area contributed by atoms with Gasteiger partial charge in [0.15, 0.2) is 11.6 Å². The lowest BCUT2D eigenvalue weighted by Gasteiger charge is -2.29. The fourth-order valence-corrected chi connectivity index (χ4v) is 8.56. The van der Waals surface area contributed by atoms with Crippen molar-refractivity contribution in [2.75, 3.05) is 86.9 Å². The minimum Gasteiger partial charge on any atom is -0.473 e. The molecular formula is C58H76N10O20. The Morgan fingerprint density at radius 2 is 0.693 bits per heavy atom. The Morgan fingerprint density at radius 1 is 0.409 bits per heavy atom. The molecule has 2 aliphatic rings. The minimum atomic E-state index is -1.82. The fraction of sp³-hybridized carbons (Fsp3) is 0.414. The number of hydrogen-bond donors (Lipinski definition) is 11. The van der Waals surface area contributed by atoms with Gasteiger partial charge in [-0.15, -0.1) is 0 Å². The van der Waals surface area contributed by atoms with Gasteiger partial charge in [0, 0.05) is 12.4 Å². The second-order valence-corrected chi connectivity index (χ2v) is 19.6. The molecule has 2 aromatic carbocycles. The van der Waals surface area contributed by atoms with Gasteiger partial charge in [0.25, 0.3) is 11.8 Å². The average molecular weight is 1230 g/mol. The van der Waals surface area contributed by atoms with Gasteiger partial charge in [0.05, 0.1) is 47.0 Å². The molecule has 4 aromatic rings. The Kier molecular flexibility index (Phi) is 34.2. The number of unbranched alkanes of at least 4 members (excludes halogenated alkanes) is 11. The molecule has 0 radical (unpaired) electrons. The van der Waals surface area contributed by atoms with E-state index < -0.39 is 47.8 Å². The number of fused-ring (bicyclic) bond motifs is 4. The van der Waals surface area contributed by atoms with Gasteiger partial charge in [0.1, 0.15) is 0 Å². The number of nitrogens with zero attached hydrogens (tertiary/aromatic N) is 7. The molecule has 478 valence electrons. The number of hydrogen-bond acceptors (Lipinski definition) is 18. The van der Waals surface area contributed by atoms with Crippen LogP contribution in [0.25, 0.3) is 0 Å². The lowest BCUT2D eigenvalue weighted by molar-refractivity contribution is -0.159. The number of aliphatic carboxylic acids is 8. The SMILES string of the molecule is CN(CCCCCCN)CCCCCCCCN(C)CCCCCCN(CC(=O)N1c2ccccc2C(=O)Nc2cccnc21)CC(=O)N1c2ccccc2C(=O)Nc2cccnc21.O=C(O)C(=O)O.O=C(O)C(=O)O.O=C(O)C(=O)O.O=C(O)C(=O)O. The zero-order valence-electron chi connectivity index (χ0n) is 48.8. The molecular weight excluding hydrogens is 1160 g/mol. The van der Waals surface area contributed by atoms with Crippen LogP contribution in [0.2, 0.25) is 0 Å². The van der Waals surface area contributed by atoms with Crippen LogP contribution in [0.4, 0.5) is 34.4 Å². The molecule has 2 aliphatic heterocycles. The summed E-state index contributed by atoms with van der Waals surface area (Å²) in [7, 11) is 4.45. The van der Waals surface area contributed by atoms with Crippen molar-refractivity contribution in [2.24, 2.45) is 5.73 Å². The van der Waals surface area contributed by atoms with E-state index in [-0.39, 0.29) is 36.7 Å². The van der Waals surface area contributed by atoms with Gasteiger partial charge in [-0.25, -0.2) is 48.3 Å². The molecule has 0 aliphatic carbocycles. The second kappa shape index (κ2) is 40.5. The molecule has 0 saturated heterocycles. The van der Waals surface area contributed by atoms with Gasteiger partial charge in [-0.05, 0) is 140 Å². The number of carboxylic acid groups (broad SMARTS) is 8. The summed E-state index contributed by atoms with van der Waals surface area (Å²) in [6.45, 7) is 5.54. The van der Waals surface area contributed by atoms with E-state index in [9.17, 15) is 19.2 Å². The van der Waals surface area contributed by atoms with Crippen LogP contribution in [0, 0.1) is 0 Å². The van der Waals surface area contributed by atoms with Crippen LogP contribution in [0.3, 0.4) is 0 Å². The van der Waals surface area contributed by atoms with E-state index in [4.69, 9.17) is 84.9 Å². The van der Waals surface area contributed by atoms with Crippen molar-refractivity contribution in [3.05, 3.63) is 96.3 Å². The topological polar surface area (TPSA) is 459 Å². The van der Waals surface area contributed by atoms with Gasteiger partial charge < -0.3 is 67.0 Å². The lowest BCUT2D eigenvalue weighted by Crippen LogP contribution is -2.44. The molecule has 0 saturated carbocycles. The lowest BCUT2D eigenvalue weighted by atomic mass is 10.1. The van der Waals surface area contributed by atoms with E-state index in [0.29, 0.717) is 52.1 Å². The number of anilines is 6. The highest BCUT2D eigenvalue weighted by molar-refractivity contribution is 6.28. The van der Waals surface area contributed by atoms with E-state index in [2.05, 4.69) is 44.5 Å². The Labute approximate surface area is 506 Å². The van der Waals surface area contributed by atoms with Crippen LogP contribution in [0.15, 0.2) is 85.2 Å². The van der Waals surface area contributed by atoms with Crippen molar-refractivity contribution in [1.29, 1.82) is 0 Å². The summed E-state index contributed by atoms with van der Waals surface area (Å²) in [5.41, 5.74) is 7.96. The number of carbonyl (C=O) groups excluding carboxylic acids is 4. The van der Waals surface area contributed by atoms with E-state index >= 15 is 0 Å². The molecule has 6 rings (SSSR count). The highest BCUT2D eigenvalue weighted by Gasteiger charge is 2.34. The van der Waals surface area contributed by atoms with Crippen LogP contribution in [-0.4, -0.2) is 203 Å². The first kappa shape index (κ1) is 74.3. The monoisotopic (exact) mass is 1230 g/mol. The normalized spacial score (nSPS) is 11.6. The summed E-state index contributed by atoms with van der Waals surface area (Å²) < 4.78 is 0.